The van der Waals surface area contributed by atoms with E-state index in [4.69, 9.17) is 0 Å². The summed E-state index contributed by atoms with van der Waals surface area (Å²) in [6, 6.07) is 29.7. The van der Waals surface area contributed by atoms with Crippen molar-refractivity contribution < 1.29 is 0 Å². The van der Waals surface area contributed by atoms with E-state index in [0.717, 1.165) is 0 Å². The maximum atomic E-state index is 2.20. The molecule has 3 rings (SSSR count). The van der Waals surface area contributed by atoms with Crippen molar-refractivity contribution in [3.8, 4) is 0 Å². The molecule has 0 aliphatic heterocycles. The van der Waals surface area contributed by atoms with Gasteiger partial charge in [0.2, 0.25) is 0 Å². The van der Waals surface area contributed by atoms with Crippen molar-refractivity contribution in [1.82, 2.24) is 0 Å². The topological polar surface area (TPSA) is 0 Å². The van der Waals surface area contributed by atoms with Gasteiger partial charge < -0.3 is 0 Å². The van der Waals surface area contributed by atoms with Gasteiger partial charge in [0, 0.05) is 9.79 Å². The number of allylic oxidation sites excluding steroid dienone is 1. The minimum atomic E-state index is 1.26. The Hall–Kier alpha value is -2.25. The summed E-state index contributed by atoms with van der Waals surface area (Å²) in [5.41, 5.74) is 3.82. The van der Waals surface area contributed by atoms with Crippen molar-refractivity contribution in [2.45, 2.75) is 16.7 Å². The summed E-state index contributed by atoms with van der Waals surface area (Å²) in [6.45, 7) is 2.10. The Morgan fingerprint density at radius 1 is 0.727 bits per heavy atom. The zero-order valence-electron chi connectivity index (χ0n) is 12.6. The lowest BCUT2D eigenvalue weighted by Crippen LogP contribution is -1.90. The molecule has 0 aliphatic rings. The maximum absolute atomic E-state index is 2.20. The number of hydrogen-bond donors (Lipinski definition) is 0. The van der Waals surface area contributed by atoms with E-state index in [1.54, 1.807) is 0 Å². The monoisotopic (exact) mass is 302 g/mol. The molecule has 3 aromatic carbocycles. The predicted molar refractivity (Wildman–Crippen MR) is 96.2 cm³/mol. The van der Waals surface area contributed by atoms with Crippen LogP contribution in [-0.4, -0.2) is 0 Å². The van der Waals surface area contributed by atoms with Gasteiger partial charge in [0.05, 0.1) is 0 Å². The highest BCUT2D eigenvalue weighted by atomic mass is 32.2. The van der Waals surface area contributed by atoms with Gasteiger partial charge in [0.1, 0.15) is 0 Å². The van der Waals surface area contributed by atoms with E-state index in [-0.39, 0.29) is 0 Å². The highest BCUT2D eigenvalue weighted by Crippen LogP contribution is 2.35. The van der Waals surface area contributed by atoms with Crippen LogP contribution in [-0.2, 0) is 0 Å². The Bertz CT molecular complexity index is 758. The van der Waals surface area contributed by atoms with Crippen LogP contribution in [0.3, 0.4) is 0 Å². The average molecular weight is 302 g/mol. The van der Waals surface area contributed by atoms with E-state index >= 15 is 0 Å². The first-order chi connectivity index (χ1) is 10.9. The summed E-state index contributed by atoms with van der Waals surface area (Å²) in [5, 5.41) is 0. The fourth-order valence-corrected chi connectivity index (χ4v) is 3.47. The van der Waals surface area contributed by atoms with Crippen LogP contribution in [0.25, 0.3) is 5.57 Å². The number of rotatable bonds is 4. The summed E-state index contributed by atoms with van der Waals surface area (Å²) in [6.07, 6.45) is 2.19. The van der Waals surface area contributed by atoms with E-state index in [1.807, 2.05) is 11.8 Å². The summed E-state index contributed by atoms with van der Waals surface area (Å²) in [4.78, 5) is 2.55. The lowest BCUT2D eigenvalue weighted by molar-refractivity contribution is 1.36. The van der Waals surface area contributed by atoms with Gasteiger partial charge >= 0.3 is 0 Å². The molecule has 0 saturated heterocycles. The van der Waals surface area contributed by atoms with Gasteiger partial charge in [0.25, 0.3) is 0 Å². The molecule has 0 aliphatic carbocycles. The second kappa shape index (κ2) is 7.15. The Morgan fingerprint density at radius 2 is 1.32 bits per heavy atom. The third kappa shape index (κ3) is 3.32. The first-order valence-electron chi connectivity index (χ1n) is 7.42. The highest BCUT2D eigenvalue weighted by Gasteiger charge is 2.09. The average Bonchev–Trinajstić information content (AvgIpc) is 2.59. The SMILES string of the molecule is C/C=C(\c1ccccc1)c1ccccc1Sc1ccccc1. The van der Waals surface area contributed by atoms with Gasteiger partial charge in [-0.05, 0) is 41.8 Å². The third-order valence-corrected chi connectivity index (χ3v) is 4.61. The van der Waals surface area contributed by atoms with Crippen LogP contribution in [0.2, 0.25) is 0 Å². The van der Waals surface area contributed by atoms with Gasteiger partial charge in [0.15, 0.2) is 0 Å². The van der Waals surface area contributed by atoms with Gasteiger partial charge in [-0.2, -0.15) is 0 Å². The van der Waals surface area contributed by atoms with Crippen LogP contribution >= 0.6 is 11.8 Å². The van der Waals surface area contributed by atoms with Crippen molar-refractivity contribution in [3.63, 3.8) is 0 Å². The summed E-state index contributed by atoms with van der Waals surface area (Å²) in [5.74, 6) is 0. The van der Waals surface area contributed by atoms with Crippen LogP contribution in [0, 0.1) is 0 Å². The lowest BCUT2D eigenvalue weighted by Gasteiger charge is -2.13. The molecule has 108 valence electrons. The molecule has 0 aromatic heterocycles. The smallest absolute Gasteiger partial charge is 0.0200 e. The van der Waals surface area contributed by atoms with Gasteiger partial charge in [-0.3, -0.25) is 0 Å². The first-order valence-corrected chi connectivity index (χ1v) is 8.24. The van der Waals surface area contributed by atoms with Gasteiger partial charge in [-0.25, -0.2) is 0 Å². The molecule has 0 saturated carbocycles. The second-order valence-electron chi connectivity index (χ2n) is 4.98. The van der Waals surface area contributed by atoms with Crippen molar-refractivity contribution in [2.24, 2.45) is 0 Å². The minimum Gasteiger partial charge on any atom is -0.0895 e. The molecule has 0 N–H and O–H groups in total. The van der Waals surface area contributed by atoms with Crippen LogP contribution in [0.5, 0.6) is 0 Å². The minimum absolute atomic E-state index is 1.26. The molecule has 22 heavy (non-hydrogen) atoms. The summed E-state index contributed by atoms with van der Waals surface area (Å²) in [7, 11) is 0. The second-order valence-corrected chi connectivity index (χ2v) is 6.10. The zero-order chi connectivity index (χ0) is 15.2. The Morgan fingerprint density at radius 3 is 2.00 bits per heavy atom. The number of hydrogen-bond acceptors (Lipinski definition) is 1. The van der Waals surface area contributed by atoms with Crippen LogP contribution in [0.15, 0.2) is 101 Å². The standard InChI is InChI=1S/C21H18S/c1-2-19(17-11-5-3-6-12-17)20-15-9-10-16-21(20)22-18-13-7-4-8-14-18/h2-16H,1H3/b19-2+. The molecule has 0 heterocycles. The summed E-state index contributed by atoms with van der Waals surface area (Å²) >= 11 is 1.81. The van der Waals surface area contributed by atoms with Crippen molar-refractivity contribution >= 4 is 17.3 Å². The quantitative estimate of drug-likeness (QED) is 0.546. The maximum Gasteiger partial charge on any atom is 0.0200 e. The molecule has 0 spiro atoms. The van der Waals surface area contributed by atoms with Crippen molar-refractivity contribution in [1.29, 1.82) is 0 Å². The Kier molecular flexibility index (Phi) is 4.77. The van der Waals surface area contributed by atoms with E-state index in [2.05, 4.69) is 97.9 Å². The lowest BCUT2D eigenvalue weighted by atomic mass is 9.98. The normalized spacial score (nSPS) is 11.4. The molecule has 0 fully saturated rings. The fraction of sp³-hybridized carbons (Fsp3) is 0.0476. The van der Waals surface area contributed by atoms with E-state index in [9.17, 15) is 0 Å². The van der Waals surface area contributed by atoms with E-state index < -0.39 is 0 Å². The first kappa shape index (κ1) is 14.7. The molecule has 3 aromatic rings. The largest absolute Gasteiger partial charge is 0.0895 e. The molecule has 0 unspecified atom stereocenters. The molecule has 0 amide bonds. The Labute approximate surface area is 136 Å². The summed E-state index contributed by atoms with van der Waals surface area (Å²) < 4.78 is 0. The third-order valence-electron chi connectivity index (χ3n) is 3.52. The van der Waals surface area contributed by atoms with Crippen LogP contribution in [0.1, 0.15) is 18.1 Å². The molecule has 0 atom stereocenters. The fourth-order valence-electron chi connectivity index (χ4n) is 2.49. The van der Waals surface area contributed by atoms with Crippen molar-refractivity contribution in [2.75, 3.05) is 0 Å². The van der Waals surface area contributed by atoms with E-state index in [0.29, 0.717) is 0 Å². The Balaban J connectivity index is 2.01. The van der Waals surface area contributed by atoms with Crippen LogP contribution < -0.4 is 0 Å². The number of benzene rings is 3. The highest BCUT2D eigenvalue weighted by molar-refractivity contribution is 7.99. The van der Waals surface area contributed by atoms with E-state index in [1.165, 1.54) is 26.5 Å². The van der Waals surface area contributed by atoms with Gasteiger partial charge in [-0.15, -0.1) is 0 Å². The van der Waals surface area contributed by atoms with Crippen LogP contribution in [0.4, 0.5) is 0 Å². The zero-order valence-corrected chi connectivity index (χ0v) is 13.4. The molecule has 0 radical (unpaired) electrons. The van der Waals surface area contributed by atoms with Crippen molar-refractivity contribution in [3.05, 3.63) is 102 Å². The molecule has 0 bridgehead atoms. The molecule has 0 nitrogen and oxygen atoms in total. The molecule has 1 heteroatoms. The predicted octanol–water partition coefficient (Wildman–Crippen LogP) is 6.29. The molecular formula is C21H18S. The van der Waals surface area contributed by atoms with Gasteiger partial charge in [-0.1, -0.05) is 84.6 Å². The molecular weight excluding hydrogens is 284 g/mol.